The molecule has 7 nitrogen and oxygen atoms in total. The predicted molar refractivity (Wildman–Crippen MR) is 112 cm³/mol. The van der Waals surface area contributed by atoms with Crippen LogP contribution in [0.25, 0.3) is 0 Å². The minimum atomic E-state index is -0.460. The van der Waals surface area contributed by atoms with Crippen molar-refractivity contribution in [2.75, 3.05) is 37.4 Å². The Kier molecular flexibility index (Phi) is 7.12. The summed E-state index contributed by atoms with van der Waals surface area (Å²) in [7, 11) is 3.99. The minimum Gasteiger partial charge on any atom is -0.378 e. The Balaban J connectivity index is 2.06. The van der Waals surface area contributed by atoms with E-state index in [2.05, 4.69) is 29.6 Å². The summed E-state index contributed by atoms with van der Waals surface area (Å²) >= 11 is 0. The summed E-state index contributed by atoms with van der Waals surface area (Å²) in [4.78, 5) is 26.5. The lowest BCUT2D eigenvalue weighted by molar-refractivity contribution is -0.903. The first-order valence-electron chi connectivity index (χ1n) is 9.36. The van der Waals surface area contributed by atoms with E-state index in [9.17, 15) is 14.9 Å². The summed E-state index contributed by atoms with van der Waals surface area (Å²) in [6.07, 6.45) is 0. The monoisotopic (exact) mass is 385 g/mol. The van der Waals surface area contributed by atoms with Crippen LogP contribution < -0.4 is 15.1 Å². The van der Waals surface area contributed by atoms with Crippen molar-refractivity contribution in [2.24, 2.45) is 0 Å². The number of hydrogen-bond acceptors (Lipinski definition) is 4. The number of carbonyl (C=O) groups is 1. The van der Waals surface area contributed by atoms with Crippen molar-refractivity contribution in [3.8, 4) is 0 Å². The molecular weight excluding hydrogens is 356 g/mol. The van der Waals surface area contributed by atoms with E-state index in [1.54, 1.807) is 6.07 Å². The number of nitro benzene ring substituents is 1. The van der Waals surface area contributed by atoms with Crippen molar-refractivity contribution < 1.29 is 14.6 Å². The largest absolute Gasteiger partial charge is 0.378 e. The number of quaternary nitrogens is 1. The molecule has 1 unspecified atom stereocenters. The first kappa shape index (κ1) is 21.4. The van der Waals surface area contributed by atoms with Crippen LogP contribution >= 0.6 is 0 Å². The molecule has 0 aliphatic rings. The maximum absolute atomic E-state index is 12.5. The van der Waals surface area contributed by atoms with Crippen molar-refractivity contribution in [3.63, 3.8) is 0 Å². The van der Waals surface area contributed by atoms with Gasteiger partial charge in [-0.1, -0.05) is 12.1 Å². The lowest BCUT2D eigenvalue weighted by Crippen LogP contribution is -3.11. The Hall–Kier alpha value is -2.93. The van der Waals surface area contributed by atoms with Crippen molar-refractivity contribution >= 4 is 23.0 Å². The molecule has 2 N–H and O–H groups in total. The fourth-order valence-corrected chi connectivity index (χ4v) is 2.99. The Morgan fingerprint density at radius 3 is 2.29 bits per heavy atom. The number of rotatable bonds is 8. The van der Waals surface area contributed by atoms with E-state index in [0.717, 1.165) is 33.8 Å². The topological polar surface area (TPSA) is 79.9 Å². The Bertz CT molecular complexity index is 847. The van der Waals surface area contributed by atoms with Crippen molar-refractivity contribution in [3.05, 3.63) is 63.2 Å². The second-order valence-corrected chi connectivity index (χ2v) is 7.28. The summed E-state index contributed by atoms with van der Waals surface area (Å²) in [5, 5.41) is 14.0. The number of nitro groups is 1. The van der Waals surface area contributed by atoms with Crippen LogP contribution in [0, 0.1) is 24.0 Å². The average Bonchev–Trinajstić information content (AvgIpc) is 2.64. The normalized spacial score (nSPS) is 11.8. The molecule has 150 valence electrons. The summed E-state index contributed by atoms with van der Waals surface area (Å²) in [5.74, 6) is -0.229. The molecule has 0 fully saturated rings. The third kappa shape index (κ3) is 5.53. The summed E-state index contributed by atoms with van der Waals surface area (Å²) in [6.45, 7) is 7.45. The highest BCUT2D eigenvalue weighted by atomic mass is 16.6. The van der Waals surface area contributed by atoms with E-state index in [4.69, 9.17) is 0 Å². The van der Waals surface area contributed by atoms with Gasteiger partial charge in [0.1, 0.15) is 12.2 Å². The van der Waals surface area contributed by atoms with Gasteiger partial charge in [0.15, 0.2) is 6.54 Å². The molecule has 0 radical (unpaired) electrons. The van der Waals surface area contributed by atoms with Gasteiger partial charge in [0, 0.05) is 31.4 Å². The molecule has 7 heteroatoms. The quantitative estimate of drug-likeness (QED) is 0.540. The molecule has 0 aliphatic carbocycles. The van der Waals surface area contributed by atoms with Crippen LogP contribution in [-0.2, 0) is 11.3 Å². The summed E-state index contributed by atoms with van der Waals surface area (Å²) < 4.78 is 0. The first-order valence-corrected chi connectivity index (χ1v) is 9.36. The SMILES string of the molecule is CC[NH+](CC(=O)Nc1cc(C)c(C)cc1[N+](=O)[O-])Cc1ccc(N(C)C)cc1. The Morgan fingerprint density at radius 1 is 1.14 bits per heavy atom. The zero-order valence-electron chi connectivity index (χ0n) is 17.2. The smallest absolute Gasteiger partial charge is 0.293 e. The molecule has 0 heterocycles. The molecule has 2 aromatic rings. The maximum atomic E-state index is 12.5. The van der Waals surface area contributed by atoms with Gasteiger partial charge >= 0.3 is 0 Å². The van der Waals surface area contributed by atoms with Crippen LogP contribution in [0.2, 0.25) is 0 Å². The van der Waals surface area contributed by atoms with Crippen LogP contribution in [0.15, 0.2) is 36.4 Å². The highest BCUT2D eigenvalue weighted by Gasteiger charge is 2.20. The van der Waals surface area contributed by atoms with E-state index >= 15 is 0 Å². The van der Waals surface area contributed by atoms with Gasteiger partial charge < -0.3 is 15.1 Å². The number of likely N-dealkylation sites (N-methyl/N-ethyl adjacent to an activating group) is 1. The van der Waals surface area contributed by atoms with Gasteiger partial charge in [0.2, 0.25) is 0 Å². The molecule has 1 atom stereocenters. The Labute approximate surface area is 166 Å². The number of nitrogens with one attached hydrogen (secondary N) is 2. The molecule has 0 aliphatic heterocycles. The molecule has 28 heavy (non-hydrogen) atoms. The lowest BCUT2D eigenvalue weighted by Gasteiger charge is -2.18. The van der Waals surface area contributed by atoms with E-state index in [1.165, 1.54) is 6.07 Å². The molecule has 2 rings (SSSR count). The number of carbonyl (C=O) groups excluding carboxylic acids is 1. The molecule has 2 aromatic carbocycles. The van der Waals surface area contributed by atoms with Crippen LogP contribution in [0.3, 0.4) is 0 Å². The van der Waals surface area contributed by atoms with Crippen molar-refractivity contribution in [1.82, 2.24) is 0 Å². The molecule has 0 aromatic heterocycles. The van der Waals surface area contributed by atoms with Crippen molar-refractivity contribution in [2.45, 2.75) is 27.3 Å². The zero-order chi connectivity index (χ0) is 20.8. The van der Waals surface area contributed by atoms with Gasteiger partial charge in [-0.2, -0.15) is 0 Å². The highest BCUT2D eigenvalue weighted by molar-refractivity contribution is 5.94. The third-order valence-electron chi connectivity index (χ3n) is 4.90. The fourth-order valence-electron chi connectivity index (χ4n) is 2.99. The third-order valence-corrected chi connectivity index (χ3v) is 4.90. The zero-order valence-corrected chi connectivity index (χ0v) is 17.2. The molecule has 1 amide bonds. The summed E-state index contributed by atoms with van der Waals surface area (Å²) in [6, 6.07) is 11.4. The van der Waals surface area contributed by atoms with Crippen LogP contribution in [-0.4, -0.2) is 38.0 Å². The van der Waals surface area contributed by atoms with Crippen LogP contribution in [0.5, 0.6) is 0 Å². The van der Waals surface area contributed by atoms with Gasteiger partial charge in [-0.3, -0.25) is 14.9 Å². The van der Waals surface area contributed by atoms with Crippen molar-refractivity contribution in [1.29, 1.82) is 0 Å². The van der Waals surface area contributed by atoms with Crippen LogP contribution in [0.1, 0.15) is 23.6 Å². The number of amides is 1. The standard InChI is InChI=1S/C21H28N4O3/c1-6-24(13-17-7-9-18(10-8-17)23(4)5)14-21(26)22-19-11-15(2)16(3)12-20(19)25(27)28/h7-12H,6,13-14H2,1-5H3,(H,22,26)/p+1. The van der Waals surface area contributed by atoms with Gasteiger partial charge in [-0.05, 0) is 50.1 Å². The van der Waals surface area contributed by atoms with Gasteiger partial charge in [-0.25, -0.2) is 0 Å². The number of nitrogens with zero attached hydrogens (tertiary/aromatic N) is 2. The number of hydrogen-bond donors (Lipinski definition) is 2. The predicted octanol–water partition coefficient (Wildman–Crippen LogP) is 2.32. The highest BCUT2D eigenvalue weighted by Crippen LogP contribution is 2.27. The average molecular weight is 385 g/mol. The number of anilines is 2. The summed E-state index contributed by atoms with van der Waals surface area (Å²) in [5.41, 5.74) is 4.18. The van der Waals surface area contributed by atoms with E-state index < -0.39 is 4.92 Å². The minimum absolute atomic E-state index is 0.0752. The second-order valence-electron chi connectivity index (χ2n) is 7.28. The van der Waals surface area contributed by atoms with E-state index in [1.807, 2.05) is 39.8 Å². The second kappa shape index (κ2) is 9.32. The van der Waals surface area contributed by atoms with Gasteiger partial charge in [-0.15, -0.1) is 0 Å². The molecule has 0 bridgehead atoms. The number of aryl methyl sites for hydroxylation is 2. The first-order chi connectivity index (χ1) is 13.2. The number of benzene rings is 2. The van der Waals surface area contributed by atoms with Crippen LogP contribution in [0.4, 0.5) is 17.1 Å². The lowest BCUT2D eigenvalue weighted by atomic mass is 10.1. The maximum Gasteiger partial charge on any atom is 0.293 e. The molecular formula is C21H29N4O3+. The molecule has 0 saturated carbocycles. The van der Waals surface area contributed by atoms with E-state index in [0.29, 0.717) is 6.54 Å². The molecule has 0 spiro atoms. The van der Waals surface area contributed by atoms with Gasteiger partial charge in [0.05, 0.1) is 11.5 Å². The van der Waals surface area contributed by atoms with E-state index in [-0.39, 0.29) is 23.8 Å². The Morgan fingerprint density at radius 2 is 1.75 bits per heavy atom. The van der Waals surface area contributed by atoms with Gasteiger partial charge in [0.25, 0.3) is 11.6 Å². The molecule has 0 saturated heterocycles. The fraction of sp³-hybridized carbons (Fsp3) is 0.381.